The molecule has 0 aliphatic carbocycles. The van der Waals surface area contributed by atoms with Crippen LogP contribution in [-0.2, 0) is 20.2 Å². The standard InChI is InChI=1S/C14H10NO8S2/c16-15(17)12-8-7-11(14(9-12)25(21,22)23)6-5-10-3-1-2-4-13(10)24(18,19)20/h1,3-9H,(H,18,19,20)(H,21,22,23)/b6-5+. The van der Waals surface area contributed by atoms with Crippen LogP contribution in [0.2, 0.25) is 0 Å². The Morgan fingerprint density at radius 2 is 1.52 bits per heavy atom. The molecular weight excluding hydrogens is 374 g/mol. The quantitative estimate of drug-likeness (QED) is 0.344. The summed E-state index contributed by atoms with van der Waals surface area (Å²) in [6, 6.07) is 8.96. The van der Waals surface area contributed by atoms with E-state index in [2.05, 4.69) is 6.07 Å². The number of hydrogen-bond donors (Lipinski definition) is 2. The van der Waals surface area contributed by atoms with Crippen molar-refractivity contribution in [1.82, 2.24) is 0 Å². The first-order valence-corrected chi connectivity index (χ1v) is 9.30. The zero-order chi connectivity index (χ0) is 18.8. The van der Waals surface area contributed by atoms with Gasteiger partial charge < -0.3 is 0 Å². The highest BCUT2D eigenvalue weighted by atomic mass is 32.2. The molecule has 2 aromatic rings. The summed E-state index contributed by atoms with van der Waals surface area (Å²) in [4.78, 5) is 8.74. The second-order valence-electron chi connectivity index (χ2n) is 4.73. The molecule has 0 heterocycles. The second-order valence-corrected chi connectivity index (χ2v) is 7.51. The summed E-state index contributed by atoms with van der Waals surface area (Å²) >= 11 is 0. The van der Waals surface area contributed by atoms with Gasteiger partial charge in [0.2, 0.25) is 0 Å². The van der Waals surface area contributed by atoms with Crippen molar-refractivity contribution in [3.63, 3.8) is 0 Å². The maximum Gasteiger partial charge on any atom is 0.295 e. The molecule has 131 valence electrons. The van der Waals surface area contributed by atoms with Crippen molar-refractivity contribution in [3.05, 3.63) is 63.7 Å². The van der Waals surface area contributed by atoms with Crippen LogP contribution < -0.4 is 0 Å². The lowest BCUT2D eigenvalue weighted by Gasteiger charge is -2.04. The molecule has 0 aliphatic rings. The predicted octanol–water partition coefficient (Wildman–Crippen LogP) is 2.06. The van der Waals surface area contributed by atoms with Gasteiger partial charge in [0.05, 0.1) is 4.92 Å². The Morgan fingerprint density at radius 1 is 0.960 bits per heavy atom. The summed E-state index contributed by atoms with van der Waals surface area (Å²) in [6.07, 6.45) is 2.31. The highest BCUT2D eigenvalue weighted by molar-refractivity contribution is 7.86. The summed E-state index contributed by atoms with van der Waals surface area (Å²) in [5.41, 5.74) is -0.624. The van der Waals surface area contributed by atoms with Gasteiger partial charge in [0.1, 0.15) is 9.79 Å². The average Bonchev–Trinajstić information content (AvgIpc) is 2.51. The average molecular weight is 384 g/mol. The molecule has 2 rings (SSSR count). The molecule has 0 aliphatic heterocycles. The zero-order valence-electron chi connectivity index (χ0n) is 12.2. The van der Waals surface area contributed by atoms with Gasteiger partial charge in [-0.2, -0.15) is 16.8 Å². The first kappa shape index (κ1) is 18.7. The van der Waals surface area contributed by atoms with E-state index in [1.54, 1.807) is 0 Å². The maximum absolute atomic E-state index is 11.4. The summed E-state index contributed by atoms with van der Waals surface area (Å²) in [5.74, 6) is 0. The van der Waals surface area contributed by atoms with Crippen LogP contribution >= 0.6 is 0 Å². The van der Waals surface area contributed by atoms with Crippen molar-refractivity contribution in [2.45, 2.75) is 9.79 Å². The van der Waals surface area contributed by atoms with E-state index in [0.29, 0.717) is 6.07 Å². The van der Waals surface area contributed by atoms with Crippen molar-refractivity contribution in [1.29, 1.82) is 0 Å². The molecule has 0 amide bonds. The van der Waals surface area contributed by atoms with Crippen molar-refractivity contribution in [2.75, 3.05) is 0 Å². The largest absolute Gasteiger partial charge is 0.295 e. The monoisotopic (exact) mass is 384 g/mol. The SMILES string of the molecule is O=[N+]([O-])c1ccc(/C=C/c2cc[c]cc2S(=O)(=O)O)c(S(=O)(=O)O)c1. The Labute approximate surface area is 142 Å². The number of nitro benzene ring substituents is 1. The first-order chi connectivity index (χ1) is 11.5. The number of benzene rings is 2. The summed E-state index contributed by atoms with van der Waals surface area (Å²) in [5, 5.41) is 10.7. The van der Waals surface area contributed by atoms with E-state index in [-0.39, 0.29) is 11.1 Å². The molecule has 11 heteroatoms. The molecular formula is C14H10NO8S2. The third-order valence-electron chi connectivity index (χ3n) is 3.06. The molecule has 0 bridgehead atoms. The second kappa shape index (κ2) is 6.72. The van der Waals surface area contributed by atoms with E-state index in [9.17, 15) is 31.5 Å². The number of rotatable bonds is 5. The normalized spacial score (nSPS) is 12.4. The predicted molar refractivity (Wildman–Crippen MR) is 86.9 cm³/mol. The maximum atomic E-state index is 11.4. The molecule has 0 saturated heterocycles. The third-order valence-corrected chi connectivity index (χ3v) is 4.88. The molecule has 0 saturated carbocycles. The van der Waals surface area contributed by atoms with Gasteiger partial charge >= 0.3 is 0 Å². The van der Waals surface area contributed by atoms with E-state index in [1.165, 1.54) is 18.2 Å². The van der Waals surface area contributed by atoms with E-state index in [4.69, 9.17) is 4.55 Å². The number of non-ortho nitro benzene ring substituents is 1. The molecule has 0 unspecified atom stereocenters. The summed E-state index contributed by atoms with van der Waals surface area (Å²) < 4.78 is 63.8. The van der Waals surface area contributed by atoms with E-state index >= 15 is 0 Å². The summed E-state index contributed by atoms with van der Waals surface area (Å²) in [7, 11) is -9.30. The molecule has 0 fully saturated rings. The van der Waals surface area contributed by atoms with E-state index in [1.807, 2.05) is 0 Å². The highest BCUT2D eigenvalue weighted by Gasteiger charge is 2.19. The van der Waals surface area contributed by atoms with E-state index < -0.39 is 40.6 Å². The van der Waals surface area contributed by atoms with Gasteiger partial charge in [0.15, 0.2) is 0 Å². The minimum atomic E-state index is -4.76. The van der Waals surface area contributed by atoms with Gasteiger partial charge in [-0.15, -0.1) is 0 Å². The van der Waals surface area contributed by atoms with Crippen LogP contribution in [0.3, 0.4) is 0 Å². The van der Waals surface area contributed by atoms with Gasteiger partial charge in [-0.05, 0) is 29.3 Å². The highest BCUT2D eigenvalue weighted by Crippen LogP contribution is 2.25. The fourth-order valence-electron chi connectivity index (χ4n) is 1.97. The van der Waals surface area contributed by atoms with Crippen LogP contribution in [0.1, 0.15) is 11.1 Å². The molecule has 0 spiro atoms. The molecule has 1 radical (unpaired) electrons. The molecule has 9 nitrogen and oxygen atoms in total. The van der Waals surface area contributed by atoms with Crippen molar-refractivity contribution >= 4 is 38.1 Å². The smallest absolute Gasteiger partial charge is 0.282 e. The molecule has 0 aromatic heterocycles. The van der Waals surface area contributed by atoms with Crippen molar-refractivity contribution in [2.24, 2.45) is 0 Å². The Kier molecular flexibility index (Phi) is 5.04. The number of hydrogen-bond acceptors (Lipinski definition) is 6. The zero-order valence-corrected chi connectivity index (χ0v) is 13.9. The van der Waals surface area contributed by atoms with Crippen molar-refractivity contribution in [3.8, 4) is 0 Å². The Morgan fingerprint density at radius 3 is 2.04 bits per heavy atom. The van der Waals surface area contributed by atoms with Crippen LogP contribution in [0.4, 0.5) is 5.69 Å². The molecule has 0 atom stereocenters. The third kappa shape index (κ3) is 4.48. The Bertz CT molecular complexity index is 1070. The van der Waals surface area contributed by atoms with Crippen LogP contribution in [0.25, 0.3) is 12.2 Å². The van der Waals surface area contributed by atoms with E-state index in [0.717, 1.165) is 24.3 Å². The topological polar surface area (TPSA) is 152 Å². The lowest BCUT2D eigenvalue weighted by Crippen LogP contribution is -2.02. The Balaban J connectivity index is 2.59. The van der Waals surface area contributed by atoms with Crippen molar-refractivity contribution < 1.29 is 30.9 Å². The molecule has 25 heavy (non-hydrogen) atoms. The van der Waals surface area contributed by atoms with Gasteiger partial charge in [-0.25, -0.2) is 0 Å². The lowest BCUT2D eigenvalue weighted by molar-refractivity contribution is -0.385. The van der Waals surface area contributed by atoms with Crippen LogP contribution in [0, 0.1) is 16.2 Å². The van der Waals surface area contributed by atoms with Gasteiger partial charge in [-0.1, -0.05) is 24.3 Å². The van der Waals surface area contributed by atoms with Crippen LogP contribution in [0.15, 0.2) is 46.2 Å². The Hall–Kier alpha value is -2.60. The molecule has 2 aromatic carbocycles. The van der Waals surface area contributed by atoms with Crippen LogP contribution in [0.5, 0.6) is 0 Å². The van der Waals surface area contributed by atoms with Gasteiger partial charge in [-0.3, -0.25) is 19.2 Å². The fraction of sp³-hybridized carbons (Fsp3) is 0. The first-order valence-electron chi connectivity index (χ1n) is 6.42. The lowest BCUT2D eigenvalue weighted by atomic mass is 10.1. The minimum Gasteiger partial charge on any atom is -0.282 e. The minimum absolute atomic E-state index is 0.0286. The molecule has 2 N–H and O–H groups in total. The van der Waals surface area contributed by atoms with Gasteiger partial charge in [0.25, 0.3) is 25.9 Å². The summed E-state index contributed by atoms with van der Waals surface area (Å²) in [6.45, 7) is 0. The van der Waals surface area contributed by atoms with Gasteiger partial charge in [0, 0.05) is 12.1 Å². The van der Waals surface area contributed by atoms with Crippen LogP contribution in [-0.4, -0.2) is 30.9 Å². The number of nitrogens with zero attached hydrogens (tertiary/aromatic N) is 1. The number of nitro groups is 1. The fourth-order valence-corrected chi connectivity index (χ4v) is 3.32.